The van der Waals surface area contributed by atoms with Crippen LogP contribution in [0.15, 0.2) is 48.0 Å². The SMILES string of the molecule is O=S1(=O)CCS(=O)(=O)C12CCC1=C(C2)C(c2ccc(OCCN3CCCCC3)cc2)Oc2cc(O)ccc21. The Labute approximate surface area is 224 Å². The fourth-order valence-corrected chi connectivity index (χ4v) is 12.5. The van der Waals surface area contributed by atoms with Gasteiger partial charge in [-0.1, -0.05) is 18.6 Å². The van der Waals surface area contributed by atoms with Crippen molar-refractivity contribution in [3.8, 4) is 17.2 Å². The molecular weight excluding hydrogens is 526 g/mol. The Kier molecular flexibility index (Phi) is 6.47. The van der Waals surface area contributed by atoms with Crippen molar-refractivity contribution in [1.82, 2.24) is 4.90 Å². The molecule has 2 aromatic rings. The summed E-state index contributed by atoms with van der Waals surface area (Å²) < 4.78 is 63.0. The molecule has 1 aliphatic carbocycles. The first-order valence-corrected chi connectivity index (χ1v) is 16.6. The summed E-state index contributed by atoms with van der Waals surface area (Å²) in [5.74, 6) is 0.630. The second-order valence-corrected chi connectivity index (χ2v) is 15.8. The number of benzene rings is 2. The molecule has 0 saturated carbocycles. The topological polar surface area (TPSA) is 110 Å². The van der Waals surface area contributed by atoms with Gasteiger partial charge in [-0.25, -0.2) is 16.8 Å². The summed E-state index contributed by atoms with van der Waals surface area (Å²) in [6.07, 6.45) is 3.34. The van der Waals surface area contributed by atoms with Gasteiger partial charge in [0.2, 0.25) is 0 Å². The number of fused-ring (bicyclic) bond motifs is 2. The van der Waals surface area contributed by atoms with Crippen LogP contribution in [-0.2, 0) is 19.7 Å². The van der Waals surface area contributed by atoms with Crippen molar-refractivity contribution in [1.29, 1.82) is 0 Å². The van der Waals surface area contributed by atoms with Crippen LogP contribution in [0.25, 0.3) is 5.57 Å². The quantitative estimate of drug-likeness (QED) is 0.588. The predicted octanol–water partition coefficient (Wildman–Crippen LogP) is 3.87. The third-order valence-corrected chi connectivity index (χ3v) is 14.7. The molecule has 10 heteroatoms. The number of phenols is 1. The number of piperidine rings is 1. The third kappa shape index (κ3) is 4.30. The number of aromatic hydroxyl groups is 1. The Hall–Kier alpha value is -2.56. The number of ether oxygens (including phenoxy) is 2. The minimum absolute atomic E-state index is 0.0351. The number of allylic oxidation sites excluding steroid dienone is 1. The van der Waals surface area contributed by atoms with E-state index >= 15 is 0 Å². The average molecular weight is 560 g/mol. The number of hydrogen-bond donors (Lipinski definition) is 1. The van der Waals surface area contributed by atoms with E-state index in [9.17, 15) is 21.9 Å². The van der Waals surface area contributed by atoms with E-state index in [4.69, 9.17) is 9.47 Å². The van der Waals surface area contributed by atoms with Crippen LogP contribution in [-0.4, -0.2) is 68.7 Å². The molecule has 1 atom stereocenters. The Morgan fingerprint density at radius 1 is 0.974 bits per heavy atom. The molecule has 2 aromatic carbocycles. The predicted molar refractivity (Wildman–Crippen MR) is 145 cm³/mol. The van der Waals surface area contributed by atoms with Gasteiger partial charge in [0, 0.05) is 24.6 Å². The summed E-state index contributed by atoms with van der Waals surface area (Å²) in [5.41, 5.74) is 3.14. The first-order chi connectivity index (χ1) is 18.2. The van der Waals surface area contributed by atoms with E-state index in [0.29, 0.717) is 24.4 Å². The molecule has 6 rings (SSSR count). The van der Waals surface area contributed by atoms with Gasteiger partial charge in [0.15, 0.2) is 23.8 Å². The number of sulfone groups is 2. The molecule has 1 N–H and O–H groups in total. The van der Waals surface area contributed by atoms with Gasteiger partial charge in [-0.05, 0) is 79.7 Å². The minimum Gasteiger partial charge on any atom is -0.508 e. The lowest BCUT2D eigenvalue weighted by Gasteiger charge is -2.40. The molecule has 0 amide bonds. The Morgan fingerprint density at radius 2 is 1.68 bits per heavy atom. The summed E-state index contributed by atoms with van der Waals surface area (Å²) in [6.45, 7) is 3.71. The number of phenolic OH excluding ortho intramolecular Hbond substituents is 1. The molecule has 2 fully saturated rings. The fourth-order valence-electron chi connectivity index (χ4n) is 6.38. The normalized spacial score (nSPS) is 25.4. The second kappa shape index (κ2) is 9.57. The van der Waals surface area contributed by atoms with Gasteiger partial charge in [0.05, 0.1) is 11.5 Å². The van der Waals surface area contributed by atoms with Crippen LogP contribution < -0.4 is 9.47 Å². The van der Waals surface area contributed by atoms with Crippen LogP contribution in [0.4, 0.5) is 0 Å². The highest BCUT2D eigenvalue weighted by atomic mass is 32.3. The maximum absolute atomic E-state index is 13.1. The van der Waals surface area contributed by atoms with Gasteiger partial charge in [-0.2, -0.15) is 0 Å². The van der Waals surface area contributed by atoms with E-state index in [2.05, 4.69) is 4.90 Å². The molecule has 38 heavy (non-hydrogen) atoms. The van der Waals surface area contributed by atoms with E-state index in [1.54, 1.807) is 18.2 Å². The highest BCUT2D eigenvalue weighted by Crippen LogP contribution is 2.55. The molecule has 1 unspecified atom stereocenters. The Bertz CT molecular complexity index is 1440. The number of likely N-dealkylation sites (tertiary alicyclic amines) is 1. The van der Waals surface area contributed by atoms with Crippen molar-refractivity contribution in [3.63, 3.8) is 0 Å². The molecule has 3 aliphatic heterocycles. The molecule has 0 radical (unpaired) electrons. The molecule has 8 nitrogen and oxygen atoms in total. The van der Waals surface area contributed by atoms with Crippen LogP contribution in [0.1, 0.15) is 55.8 Å². The first kappa shape index (κ1) is 25.7. The van der Waals surface area contributed by atoms with Gasteiger partial charge in [-0.15, -0.1) is 0 Å². The van der Waals surface area contributed by atoms with Crippen LogP contribution >= 0.6 is 0 Å². The van der Waals surface area contributed by atoms with Crippen molar-refractivity contribution >= 4 is 25.2 Å². The molecular formula is C28H33NO7S2. The third-order valence-electron chi connectivity index (χ3n) is 8.52. The van der Waals surface area contributed by atoms with E-state index in [1.165, 1.54) is 19.3 Å². The maximum atomic E-state index is 13.1. The lowest BCUT2D eigenvalue weighted by atomic mass is 9.80. The van der Waals surface area contributed by atoms with E-state index in [1.807, 2.05) is 24.3 Å². The molecule has 4 aliphatic rings. The largest absolute Gasteiger partial charge is 0.508 e. The summed E-state index contributed by atoms with van der Waals surface area (Å²) in [4.78, 5) is 2.42. The summed E-state index contributed by atoms with van der Waals surface area (Å²) in [7, 11) is -7.65. The number of nitrogens with zero attached hydrogens (tertiary/aromatic N) is 1. The second-order valence-electron chi connectivity index (χ2n) is 10.7. The Balaban J connectivity index is 1.30. The van der Waals surface area contributed by atoms with E-state index < -0.39 is 29.9 Å². The maximum Gasteiger partial charge on any atom is 0.177 e. The molecule has 204 valence electrons. The zero-order chi connectivity index (χ0) is 26.5. The van der Waals surface area contributed by atoms with Gasteiger partial charge in [0.25, 0.3) is 0 Å². The van der Waals surface area contributed by atoms with Crippen molar-refractivity contribution in [3.05, 3.63) is 59.2 Å². The van der Waals surface area contributed by atoms with Gasteiger partial charge in [0.1, 0.15) is 30.0 Å². The van der Waals surface area contributed by atoms with Crippen LogP contribution in [0.5, 0.6) is 17.2 Å². The van der Waals surface area contributed by atoms with Gasteiger partial charge in [-0.3, -0.25) is 4.90 Å². The van der Waals surface area contributed by atoms with E-state index in [0.717, 1.165) is 42.1 Å². The number of rotatable bonds is 5. The van der Waals surface area contributed by atoms with Crippen molar-refractivity contribution in [2.75, 3.05) is 37.7 Å². The highest BCUT2D eigenvalue weighted by molar-refractivity contribution is 8.13. The van der Waals surface area contributed by atoms with Crippen LogP contribution in [0.3, 0.4) is 0 Å². The van der Waals surface area contributed by atoms with Gasteiger partial charge < -0.3 is 14.6 Å². The van der Waals surface area contributed by atoms with Crippen molar-refractivity contribution in [2.45, 2.75) is 48.7 Å². The molecule has 0 aromatic heterocycles. The Morgan fingerprint density at radius 3 is 2.39 bits per heavy atom. The lowest BCUT2D eigenvalue weighted by molar-refractivity contribution is 0.183. The smallest absolute Gasteiger partial charge is 0.177 e. The average Bonchev–Trinajstić information content (AvgIpc) is 3.08. The van der Waals surface area contributed by atoms with Crippen LogP contribution in [0.2, 0.25) is 0 Å². The zero-order valence-electron chi connectivity index (χ0n) is 21.3. The standard InChI is InChI=1S/C28H33NO7S2/c30-21-6-9-24-23-10-11-28(37(31,32)16-17-38(28,33)34)19-25(23)27(36-26(24)18-21)20-4-7-22(8-5-20)35-15-14-29-12-2-1-3-13-29/h4-9,18,27,30H,1-3,10-17,19H2. The fraction of sp³-hybridized carbons (Fsp3) is 0.500. The summed E-state index contributed by atoms with van der Waals surface area (Å²) >= 11 is 0. The monoisotopic (exact) mass is 559 g/mol. The minimum atomic E-state index is -3.83. The lowest BCUT2D eigenvalue weighted by Crippen LogP contribution is -2.45. The van der Waals surface area contributed by atoms with Crippen molar-refractivity contribution < 1.29 is 31.4 Å². The zero-order valence-corrected chi connectivity index (χ0v) is 22.9. The van der Waals surface area contributed by atoms with Crippen LogP contribution in [0, 0.1) is 0 Å². The number of hydrogen-bond acceptors (Lipinski definition) is 8. The molecule has 0 bridgehead atoms. The summed E-state index contributed by atoms with van der Waals surface area (Å²) in [6, 6.07) is 12.4. The molecule has 3 heterocycles. The molecule has 2 saturated heterocycles. The highest BCUT2D eigenvalue weighted by Gasteiger charge is 2.61. The van der Waals surface area contributed by atoms with E-state index in [-0.39, 0.29) is 30.1 Å². The van der Waals surface area contributed by atoms with Gasteiger partial charge >= 0.3 is 0 Å². The van der Waals surface area contributed by atoms with Crippen molar-refractivity contribution in [2.24, 2.45) is 0 Å². The summed E-state index contributed by atoms with van der Waals surface area (Å²) in [5, 5.41) is 10.1. The first-order valence-electron chi connectivity index (χ1n) is 13.3. The molecule has 1 spiro atoms.